The van der Waals surface area contributed by atoms with Gasteiger partial charge in [-0.15, -0.1) is 0 Å². The highest BCUT2D eigenvalue weighted by atomic mass is 35.5. The van der Waals surface area contributed by atoms with Crippen LogP contribution in [0.15, 0.2) is 36.4 Å². The van der Waals surface area contributed by atoms with Gasteiger partial charge in [0, 0.05) is 31.8 Å². The van der Waals surface area contributed by atoms with Crippen LogP contribution < -0.4 is 16.0 Å². The molecule has 0 saturated heterocycles. The summed E-state index contributed by atoms with van der Waals surface area (Å²) in [5.41, 5.74) is 1.99. The highest BCUT2D eigenvalue weighted by Crippen LogP contribution is 2.15. The molecule has 120 valence electrons. The van der Waals surface area contributed by atoms with Crippen molar-refractivity contribution >= 4 is 34.9 Å². The van der Waals surface area contributed by atoms with E-state index in [0.717, 1.165) is 5.56 Å². The summed E-state index contributed by atoms with van der Waals surface area (Å²) in [6.07, 6.45) is 0. The third kappa shape index (κ3) is 4.96. The lowest BCUT2D eigenvalue weighted by atomic mass is 10.2. The van der Waals surface area contributed by atoms with E-state index in [9.17, 15) is 9.59 Å². The van der Waals surface area contributed by atoms with E-state index in [0.29, 0.717) is 23.6 Å². The van der Waals surface area contributed by atoms with E-state index in [4.69, 9.17) is 11.6 Å². The SMILES string of the molecule is CNc1cc(C(=O)NCc2cccc(NC(C)=O)c2)cc(Cl)n1. The number of hydrogen-bond donors (Lipinski definition) is 3. The maximum Gasteiger partial charge on any atom is 0.251 e. The maximum atomic E-state index is 12.2. The van der Waals surface area contributed by atoms with Crippen LogP contribution in [0.4, 0.5) is 11.5 Å². The zero-order valence-corrected chi connectivity index (χ0v) is 13.6. The fourth-order valence-electron chi connectivity index (χ4n) is 2.00. The number of halogens is 1. The molecule has 2 rings (SSSR count). The van der Waals surface area contributed by atoms with Gasteiger partial charge in [-0.1, -0.05) is 23.7 Å². The van der Waals surface area contributed by atoms with Gasteiger partial charge in [-0.3, -0.25) is 9.59 Å². The Labute approximate surface area is 139 Å². The number of carbonyl (C=O) groups excluding carboxylic acids is 2. The summed E-state index contributed by atoms with van der Waals surface area (Å²) in [5.74, 6) is 0.128. The molecule has 2 amide bonds. The molecule has 0 aliphatic carbocycles. The molecule has 0 radical (unpaired) electrons. The lowest BCUT2D eigenvalue weighted by Gasteiger charge is -2.09. The first-order valence-electron chi connectivity index (χ1n) is 6.98. The summed E-state index contributed by atoms with van der Waals surface area (Å²) < 4.78 is 0. The summed E-state index contributed by atoms with van der Waals surface area (Å²) >= 11 is 5.89. The topological polar surface area (TPSA) is 83.1 Å². The predicted molar refractivity (Wildman–Crippen MR) is 90.7 cm³/mol. The highest BCUT2D eigenvalue weighted by molar-refractivity contribution is 6.29. The Morgan fingerprint density at radius 2 is 2.00 bits per heavy atom. The minimum Gasteiger partial charge on any atom is -0.373 e. The summed E-state index contributed by atoms with van der Waals surface area (Å²) in [4.78, 5) is 27.3. The summed E-state index contributed by atoms with van der Waals surface area (Å²) in [6.45, 7) is 1.78. The second-order valence-corrected chi connectivity index (χ2v) is 5.27. The molecule has 6 nitrogen and oxygen atoms in total. The zero-order chi connectivity index (χ0) is 16.8. The number of carbonyl (C=O) groups is 2. The average Bonchev–Trinajstić information content (AvgIpc) is 2.51. The normalized spacial score (nSPS) is 10.0. The molecule has 0 bridgehead atoms. The van der Waals surface area contributed by atoms with Gasteiger partial charge in [-0.05, 0) is 29.8 Å². The van der Waals surface area contributed by atoms with Gasteiger partial charge in [0.15, 0.2) is 0 Å². The van der Waals surface area contributed by atoms with Gasteiger partial charge in [0.05, 0.1) is 0 Å². The van der Waals surface area contributed by atoms with E-state index < -0.39 is 0 Å². The zero-order valence-electron chi connectivity index (χ0n) is 12.8. The Balaban J connectivity index is 2.04. The molecule has 0 aliphatic rings. The number of nitrogens with zero attached hydrogens (tertiary/aromatic N) is 1. The van der Waals surface area contributed by atoms with Crippen LogP contribution in [-0.2, 0) is 11.3 Å². The van der Waals surface area contributed by atoms with Crippen LogP contribution in [0.1, 0.15) is 22.8 Å². The second-order valence-electron chi connectivity index (χ2n) is 4.88. The number of aromatic nitrogens is 1. The van der Waals surface area contributed by atoms with Crippen LogP contribution in [-0.4, -0.2) is 23.8 Å². The Kier molecular flexibility index (Phi) is 5.54. The van der Waals surface area contributed by atoms with Crippen molar-refractivity contribution in [3.63, 3.8) is 0 Å². The fraction of sp³-hybridized carbons (Fsp3) is 0.188. The molecule has 0 unspecified atom stereocenters. The number of amides is 2. The molecule has 23 heavy (non-hydrogen) atoms. The third-order valence-electron chi connectivity index (χ3n) is 3.01. The molecular weight excluding hydrogens is 316 g/mol. The maximum absolute atomic E-state index is 12.2. The van der Waals surface area contributed by atoms with Crippen LogP contribution in [0.25, 0.3) is 0 Å². The summed E-state index contributed by atoms with van der Waals surface area (Å²) in [7, 11) is 1.70. The number of anilines is 2. The van der Waals surface area contributed by atoms with Gasteiger partial charge in [-0.25, -0.2) is 4.98 Å². The number of benzene rings is 1. The van der Waals surface area contributed by atoms with Crippen molar-refractivity contribution < 1.29 is 9.59 Å². The van der Waals surface area contributed by atoms with Crippen molar-refractivity contribution in [2.24, 2.45) is 0 Å². The first-order valence-corrected chi connectivity index (χ1v) is 7.36. The van der Waals surface area contributed by atoms with Gasteiger partial charge >= 0.3 is 0 Å². The molecular formula is C16H17ClN4O2. The van der Waals surface area contributed by atoms with E-state index in [-0.39, 0.29) is 17.0 Å². The first kappa shape index (κ1) is 16.8. The largest absolute Gasteiger partial charge is 0.373 e. The van der Waals surface area contributed by atoms with Crippen molar-refractivity contribution in [3.05, 3.63) is 52.7 Å². The highest BCUT2D eigenvalue weighted by Gasteiger charge is 2.09. The van der Waals surface area contributed by atoms with E-state index in [1.54, 1.807) is 25.2 Å². The standard InChI is InChI=1S/C16H17ClN4O2/c1-10(22)20-13-5-3-4-11(6-13)9-19-16(23)12-7-14(17)21-15(8-12)18-2/h3-8H,9H2,1-2H3,(H,18,21)(H,19,23)(H,20,22). The molecule has 0 fully saturated rings. The number of nitrogens with one attached hydrogen (secondary N) is 3. The molecule has 3 N–H and O–H groups in total. The monoisotopic (exact) mass is 332 g/mol. The molecule has 0 spiro atoms. The molecule has 1 heterocycles. The Hall–Kier alpha value is -2.60. The Bertz CT molecular complexity index is 734. The molecule has 0 atom stereocenters. The fourth-order valence-corrected chi connectivity index (χ4v) is 2.21. The van der Waals surface area contributed by atoms with Crippen LogP contribution in [0.5, 0.6) is 0 Å². The summed E-state index contributed by atoms with van der Waals surface area (Å²) in [6, 6.07) is 10.4. The second kappa shape index (κ2) is 7.60. The first-order chi connectivity index (χ1) is 11.0. The predicted octanol–water partition coefficient (Wildman–Crippen LogP) is 2.67. The Morgan fingerprint density at radius 1 is 1.22 bits per heavy atom. The van der Waals surface area contributed by atoms with E-state index in [2.05, 4.69) is 20.9 Å². The lowest BCUT2D eigenvalue weighted by Crippen LogP contribution is -2.23. The molecule has 0 saturated carbocycles. The minimum absolute atomic E-state index is 0.141. The van der Waals surface area contributed by atoms with Crippen LogP contribution in [0.3, 0.4) is 0 Å². The average molecular weight is 333 g/mol. The van der Waals surface area contributed by atoms with Crippen LogP contribution in [0.2, 0.25) is 5.15 Å². The van der Waals surface area contributed by atoms with Crippen molar-refractivity contribution in [1.29, 1.82) is 0 Å². The minimum atomic E-state index is -0.254. The summed E-state index contributed by atoms with van der Waals surface area (Å²) in [5, 5.41) is 8.60. The van der Waals surface area contributed by atoms with Gasteiger partial charge in [0.2, 0.25) is 5.91 Å². The van der Waals surface area contributed by atoms with Crippen molar-refractivity contribution in [1.82, 2.24) is 10.3 Å². The molecule has 1 aromatic carbocycles. The molecule has 7 heteroatoms. The number of rotatable bonds is 5. The molecule has 1 aromatic heterocycles. The lowest BCUT2D eigenvalue weighted by molar-refractivity contribution is -0.114. The quantitative estimate of drug-likeness (QED) is 0.735. The van der Waals surface area contributed by atoms with Gasteiger partial charge < -0.3 is 16.0 Å². The van der Waals surface area contributed by atoms with Gasteiger partial charge in [-0.2, -0.15) is 0 Å². The van der Waals surface area contributed by atoms with Gasteiger partial charge in [0.25, 0.3) is 5.91 Å². The third-order valence-corrected chi connectivity index (χ3v) is 3.21. The van der Waals surface area contributed by atoms with E-state index >= 15 is 0 Å². The van der Waals surface area contributed by atoms with Crippen molar-refractivity contribution in [2.45, 2.75) is 13.5 Å². The van der Waals surface area contributed by atoms with Crippen LogP contribution >= 0.6 is 11.6 Å². The van der Waals surface area contributed by atoms with Crippen molar-refractivity contribution in [3.8, 4) is 0 Å². The molecule has 0 aliphatic heterocycles. The van der Waals surface area contributed by atoms with Gasteiger partial charge in [0.1, 0.15) is 11.0 Å². The smallest absolute Gasteiger partial charge is 0.251 e. The van der Waals surface area contributed by atoms with Crippen LogP contribution in [0, 0.1) is 0 Å². The van der Waals surface area contributed by atoms with E-state index in [1.807, 2.05) is 12.1 Å². The molecule has 2 aromatic rings. The Morgan fingerprint density at radius 3 is 2.70 bits per heavy atom. The van der Waals surface area contributed by atoms with E-state index in [1.165, 1.54) is 13.0 Å². The number of pyridine rings is 1. The van der Waals surface area contributed by atoms with Crippen molar-refractivity contribution in [2.75, 3.05) is 17.7 Å². The number of hydrogen-bond acceptors (Lipinski definition) is 4.